The summed E-state index contributed by atoms with van der Waals surface area (Å²) in [5.74, 6) is 0.623. The number of aromatic nitrogens is 3. The van der Waals surface area contributed by atoms with E-state index in [1.54, 1.807) is 18.2 Å². The lowest BCUT2D eigenvalue weighted by atomic mass is 9.97. The van der Waals surface area contributed by atoms with Crippen LogP contribution >= 0.6 is 0 Å². The van der Waals surface area contributed by atoms with Crippen molar-refractivity contribution in [2.75, 3.05) is 5.73 Å². The number of phenols is 1. The minimum absolute atomic E-state index is 0.164. The SMILES string of the molecule is Cc1cc(C)c(-c2nnn(-c3cccc(O)c3)c2N)c(C)c1. The molecule has 0 saturated heterocycles. The van der Waals surface area contributed by atoms with Crippen LogP contribution < -0.4 is 5.73 Å². The molecule has 5 nitrogen and oxygen atoms in total. The second-order valence-corrected chi connectivity index (χ2v) is 5.53. The Morgan fingerprint density at radius 2 is 1.73 bits per heavy atom. The summed E-state index contributed by atoms with van der Waals surface area (Å²) in [6.07, 6.45) is 0. The van der Waals surface area contributed by atoms with Gasteiger partial charge >= 0.3 is 0 Å². The highest BCUT2D eigenvalue weighted by Gasteiger charge is 2.17. The van der Waals surface area contributed by atoms with E-state index in [9.17, 15) is 5.11 Å². The molecule has 3 rings (SSSR count). The van der Waals surface area contributed by atoms with E-state index in [0.717, 1.165) is 16.7 Å². The molecule has 0 unspecified atom stereocenters. The Labute approximate surface area is 129 Å². The molecule has 0 spiro atoms. The van der Waals surface area contributed by atoms with Crippen molar-refractivity contribution >= 4 is 5.82 Å². The second kappa shape index (κ2) is 5.18. The largest absolute Gasteiger partial charge is 0.508 e. The first-order chi connectivity index (χ1) is 10.5. The molecule has 0 aliphatic rings. The molecular formula is C17H18N4O. The summed E-state index contributed by atoms with van der Waals surface area (Å²) in [6, 6.07) is 11.0. The van der Waals surface area contributed by atoms with Crippen LogP contribution in [0.25, 0.3) is 16.9 Å². The van der Waals surface area contributed by atoms with Crippen LogP contribution in [0.4, 0.5) is 5.82 Å². The Morgan fingerprint density at radius 3 is 2.36 bits per heavy atom. The van der Waals surface area contributed by atoms with Crippen LogP contribution in [0.5, 0.6) is 5.75 Å². The van der Waals surface area contributed by atoms with Crippen molar-refractivity contribution in [2.45, 2.75) is 20.8 Å². The molecule has 1 heterocycles. The van der Waals surface area contributed by atoms with Gasteiger partial charge in [0.05, 0.1) is 5.69 Å². The molecule has 0 fully saturated rings. The number of aromatic hydroxyl groups is 1. The summed E-state index contributed by atoms with van der Waals surface area (Å²) in [4.78, 5) is 0. The van der Waals surface area contributed by atoms with Gasteiger partial charge < -0.3 is 10.8 Å². The number of nitrogens with zero attached hydrogens (tertiary/aromatic N) is 3. The fourth-order valence-corrected chi connectivity index (χ4v) is 2.84. The topological polar surface area (TPSA) is 77.0 Å². The van der Waals surface area contributed by atoms with E-state index in [1.807, 2.05) is 19.9 Å². The average molecular weight is 294 g/mol. The molecule has 3 aromatic rings. The summed E-state index contributed by atoms with van der Waals surface area (Å²) < 4.78 is 1.54. The van der Waals surface area contributed by atoms with Crippen LogP contribution in [0, 0.1) is 20.8 Å². The van der Waals surface area contributed by atoms with E-state index < -0.39 is 0 Å². The third-order valence-corrected chi connectivity index (χ3v) is 3.69. The molecule has 0 bridgehead atoms. The predicted octanol–water partition coefficient (Wildman–Crippen LogP) is 3.15. The summed E-state index contributed by atoms with van der Waals surface area (Å²) in [7, 11) is 0. The molecule has 0 amide bonds. The molecule has 0 radical (unpaired) electrons. The first-order valence-corrected chi connectivity index (χ1v) is 7.06. The maximum atomic E-state index is 9.61. The van der Waals surface area contributed by atoms with Crippen LogP contribution in [0.1, 0.15) is 16.7 Å². The number of hydrogen-bond donors (Lipinski definition) is 2. The lowest BCUT2D eigenvalue weighted by molar-refractivity contribution is 0.475. The summed E-state index contributed by atoms with van der Waals surface area (Å²) in [5, 5.41) is 18.0. The number of benzene rings is 2. The van der Waals surface area contributed by atoms with Gasteiger partial charge in [-0.05, 0) is 44.0 Å². The highest BCUT2D eigenvalue weighted by molar-refractivity contribution is 5.76. The van der Waals surface area contributed by atoms with Crippen molar-refractivity contribution in [3.63, 3.8) is 0 Å². The smallest absolute Gasteiger partial charge is 0.155 e. The minimum atomic E-state index is 0.164. The third kappa shape index (κ3) is 2.30. The van der Waals surface area contributed by atoms with E-state index in [-0.39, 0.29) is 5.75 Å². The predicted molar refractivity (Wildman–Crippen MR) is 87.1 cm³/mol. The third-order valence-electron chi connectivity index (χ3n) is 3.69. The Morgan fingerprint density at radius 1 is 1.05 bits per heavy atom. The Bertz CT molecular complexity index is 829. The Kier molecular flexibility index (Phi) is 3.33. The quantitative estimate of drug-likeness (QED) is 0.761. The normalized spacial score (nSPS) is 10.9. The zero-order chi connectivity index (χ0) is 15.9. The monoisotopic (exact) mass is 294 g/mol. The molecule has 22 heavy (non-hydrogen) atoms. The number of phenolic OH excluding ortho intramolecular Hbond substituents is 1. The number of nitrogens with two attached hydrogens (primary N) is 1. The van der Waals surface area contributed by atoms with E-state index in [0.29, 0.717) is 17.2 Å². The van der Waals surface area contributed by atoms with Crippen molar-refractivity contribution in [2.24, 2.45) is 0 Å². The molecule has 1 aromatic heterocycles. The number of rotatable bonds is 2. The van der Waals surface area contributed by atoms with Gasteiger partial charge in [0.1, 0.15) is 11.4 Å². The van der Waals surface area contributed by atoms with Gasteiger partial charge in [0.2, 0.25) is 0 Å². The minimum Gasteiger partial charge on any atom is -0.508 e. The van der Waals surface area contributed by atoms with Gasteiger partial charge in [-0.3, -0.25) is 0 Å². The van der Waals surface area contributed by atoms with Gasteiger partial charge in [-0.25, -0.2) is 0 Å². The molecule has 112 valence electrons. The van der Waals surface area contributed by atoms with Crippen LogP contribution in [0.15, 0.2) is 36.4 Å². The Balaban J connectivity index is 2.16. The van der Waals surface area contributed by atoms with Crippen LogP contribution in [0.3, 0.4) is 0 Å². The van der Waals surface area contributed by atoms with Crippen molar-refractivity contribution in [3.05, 3.63) is 53.1 Å². The van der Waals surface area contributed by atoms with Gasteiger partial charge in [-0.2, -0.15) is 4.68 Å². The highest BCUT2D eigenvalue weighted by atomic mass is 16.3. The van der Waals surface area contributed by atoms with Crippen LogP contribution in [-0.4, -0.2) is 20.1 Å². The average Bonchev–Trinajstić information content (AvgIpc) is 2.80. The standard InChI is InChI=1S/C17H18N4O/c1-10-7-11(2)15(12(3)8-10)16-17(18)21(20-19-16)13-5-4-6-14(22)9-13/h4-9,22H,18H2,1-3H3. The molecule has 0 aliphatic carbocycles. The van der Waals surface area contributed by atoms with Gasteiger partial charge in [0.25, 0.3) is 0 Å². The maximum Gasteiger partial charge on any atom is 0.155 e. The Hall–Kier alpha value is -2.82. The van der Waals surface area contributed by atoms with Crippen LogP contribution in [0.2, 0.25) is 0 Å². The summed E-state index contributed by atoms with van der Waals surface area (Å²) >= 11 is 0. The number of nitrogen functional groups attached to an aromatic ring is 1. The molecule has 5 heteroatoms. The number of anilines is 1. The maximum absolute atomic E-state index is 9.61. The molecule has 3 N–H and O–H groups in total. The van der Waals surface area contributed by atoms with E-state index in [1.165, 1.54) is 10.2 Å². The summed E-state index contributed by atoms with van der Waals surface area (Å²) in [5.41, 5.74) is 12.0. The zero-order valence-corrected chi connectivity index (χ0v) is 12.8. The van der Waals surface area contributed by atoms with Crippen molar-refractivity contribution in [1.29, 1.82) is 0 Å². The summed E-state index contributed by atoms with van der Waals surface area (Å²) in [6.45, 7) is 6.15. The van der Waals surface area contributed by atoms with E-state index in [4.69, 9.17) is 5.73 Å². The first-order valence-electron chi connectivity index (χ1n) is 7.06. The van der Waals surface area contributed by atoms with Gasteiger partial charge in [0, 0.05) is 11.6 Å². The number of hydrogen-bond acceptors (Lipinski definition) is 4. The fraction of sp³-hybridized carbons (Fsp3) is 0.176. The molecule has 0 saturated carbocycles. The van der Waals surface area contributed by atoms with E-state index >= 15 is 0 Å². The molecule has 2 aromatic carbocycles. The molecule has 0 atom stereocenters. The molecule has 0 aliphatic heterocycles. The first kappa shape index (κ1) is 14.1. The van der Waals surface area contributed by atoms with E-state index in [2.05, 4.69) is 29.4 Å². The second-order valence-electron chi connectivity index (χ2n) is 5.53. The van der Waals surface area contributed by atoms with Crippen molar-refractivity contribution < 1.29 is 5.11 Å². The fourth-order valence-electron chi connectivity index (χ4n) is 2.84. The zero-order valence-electron chi connectivity index (χ0n) is 12.8. The van der Waals surface area contributed by atoms with Gasteiger partial charge in [-0.15, -0.1) is 5.10 Å². The number of aryl methyl sites for hydroxylation is 3. The van der Waals surface area contributed by atoms with Crippen LogP contribution in [-0.2, 0) is 0 Å². The van der Waals surface area contributed by atoms with Gasteiger partial charge in [-0.1, -0.05) is 29.0 Å². The highest BCUT2D eigenvalue weighted by Crippen LogP contribution is 2.32. The lowest BCUT2D eigenvalue weighted by Gasteiger charge is -2.10. The van der Waals surface area contributed by atoms with Crippen molar-refractivity contribution in [3.8, 4) is 22.7 Å². The molecular weight excluding hydrogens is 276 g/mol. The van der Waals surface area contributed by atoms with Gasteiger partial charge in [0.15, 0.2) is 5.82 Å². The lowest BCUT2D eigenvalue weighted by Crippen LogP contribution is -2.02. The van der Waals surface area contributed by atoms with Crippen molar-refractivity contribution in [1.82, 2.24) is 15.0 Å².